The Bertz CT molecular complexity index is 585. The zero-order valence-electron chi connectivity index (χ0n) is 15.3. The minimum atomic E-state index is -1.07. The molecule has 0 spiro atoms. The zero-order valence-corrected chi connectivity index (χ0v) is 16.8. The van der Waals surface area contributed by atoms with Crippen LogP contribution < -0.4 is 16.0 Å². The van der Waals surface area contributed by atoms with Crippen LogP contribution in [0, 0.1) is 5.41 Å². The molecule has 4 unspecified atom stereocenters. The van der Waals surface area contributed by atoms with Crippen molar-refractivity contribution in [1.82, 2.24) is 16.0 Å². The Morgan fingerprint density at radius 1 is 1.30 bits per heavy atom. The summed E-state index contributed by atoms with van der Waals surface area (Å²) in [6.07, 6.45) is 2.31. The Morgan fingerprint density at radius 3 is 2.74 bits per heavy atom. The fourth-order valence-corrected chi connectivity index (χ4v) is 6.05. The van der Waals surface area contributed by atoms with E-state index in [0.29, 0.717) is 44.0 Å². The molecule has 0 aromatic rings. The Kier molecular flexibility index (Phi) is 5.62. The summed E-state index contributed by atoms with van der Waals surface area (Å²) in [6.45, 7) is 1.58. The number of carbonyl (C=O) groups is 2. The Morgan fingerprint density at radius 2 is 2.07 bits per heavy atom. The van der Waals surface area contributed by atoms with Gasteiger partial charge in [-0.25, -0.2) is 4.39 Å². The number of thioether (sulfide) groups is 1. The van der Waals surface area contributed by atoms with Crippen molar-refractivity contribution < 1.29 is 18.7 Å². The molecule has 152 valence electrons. The lowest BCUT2D eigenvalue weighted by Gasteiger charge is -2.69. The second kappa shape index (κ2) is 7.69. The van der Waals surface area contributed by atoms with Crippen molar-refractivity contribution in [2.24, 2.45) is 5.41 Å². The molecule has 1 heterocycles. The summed E-state index contributed by atoms with van der Waals surface area (Å²) < 4.78 is 19.2. The van der Waals surface area contributed by atoms with E-state index < -0.39 is 11.5 Å². The van der Waals surface area contributed by atoms with Crippen molar-refractivity contribution in [2.75, 3.05) is 25.4 Å². The van der Waals surface area contributed by atoms with E-state index in [1.807, 2.05) is 11.8 Å². The van der Waals surface area contributed by atoms with Gasteiger partial charge in [-0.05, 0) is 32.1 Å². The highest BCUT2D eigenvalue weighted by Crippen LogP contribution is 2.67. The number of nitrogens with one attached hydrogen (secondary N) is 3. The van der Waals surface area contributed by atoms with Crippen LogP contribution in [0.25, 0.3) is 0 Å². The standard InChI is InChI=1S/C18H27ClFN3O3S/c19-12-2-1-11(5-13(12)20)26-7-14(24)23-18-8-17(9-18,10-18)16(25)22-6-15-21-3-4-27-15/h11-13,15,21H,1-10H2,(H,22,25)(H,23,24). The second-order valence-corrected chi connectivity index (χ2v) is 10.3. The van der Waals surface area contributed by atoms with E-state index in [4.69, 9.17) is 16.3 Å². The molecular weight excluding hydrogens is 393 g/mol. The number of ether oxygens (including phenoxy) is 1. The summed E-state index contributed by atoms with van der Waals surface area (Å²) in [5, 5.41) is 9.27. The lowest BCUT2D eigenvalue weighted by Crippen LogP contribution is -2.78. The number of halogens is 2. The van der Waals surface area contributed by atoms with E-state index in [2.05, 4.69) is 16.0 Å². The predicted octanol–water partition coefficient (Wildman–Crippen LogP) is 1.32. The van der Waals surface area contributed by atoms with Gasteiger partial charge >= 0.3 is 0 Å². The molecular formula is C18H27ClFN3O3S. The molecule has 2 amide bonds. The van der Waals surface area contributed by atoms with Crippen molar-refractivity contribution in [2.45, 2.75) is 67.1 Å². The molecule has 4 atom stereocenters. The van der Waals surface area contributed by atoms with Gasteiger partial charge < -0.3 is 20.7 Å². The molecule has 5 aliphatic rings. The van der Waals surface area contributed by atoms with E-state index in [9.17, 15) is 14.0 Å². The number of hydrogen-bond donors (Lipinski definition) is 3. The Balaban J connectivity index is 1.14. The summed E-state index contributed by atoms with van der Waals surface area (Å²) in [7, 11) is 0. The topological polar surface area (TPSA) is 79.5 Å². The van der Waals surface area contributed by atoms with Gasteiger partial charge in [-0.1, -0.05) is 0 Å². The SMILES string of the molecule is O=C(COC1CCC(Cl)C(F)C1)NC12CC(C(=O)NCC3NCCS3)(C1)C2. The summed E-state index contributed by atoms with van der Waals surface area (Å²) in [5.74, 6) is 1.01. The lowest BCUT2D eigenvalue weighted by atomic mass is 9.39. The molecule has 4 saturated carbocycles. The average molecular weight is 420 g/mol. The van der Waals surface area contributed by atoms with Gasteiger partial charge in [0.05, 0.1) is 22.3 Å². The maximum Gasteiger partial charge on any atom is 0.246 e. The van der Waals surface area contributed by atoms with Gasteiger partial charge in [0.15, 0.2) is 0 Å². The normalized spacial score (nSPS) is 42.7. The zero-order chi connectivity index (χ0) is 19.1. The van der Waals surface area contributed by atoms with Gasteiger partial charge in [0, 0.05) is 30.8 Å². The number of alkyl halides is 2. The van der Waals surface area contributed by atoms with Crippen molar-refractivity contribution in [1.29, 1.82) is 0 Å². The highest BCUT2D eigenvalue weighted by molar-refractivity contribution is 8.00. The van der Waals surface area contributed by atoms with Crippen LogP contribution in [0.3, 0.4) is 0 Å². The minimum Gasteiger partial charge on any atom is -0.368 e. The van der Waals surface area contributed by atoms with E-state index in [-0.39, 0.29) is 41.9 Å². The van der Waals surface area contributed by atoms with Crippen LogP contribution >= 0.6 is 23.4 Å². The molecule has 6 nitrogen and oxygen atoms in total. The lowest BCUT2D eigenvalue weighted by molar-refractivity contribution is -0.184. The molecule has 5 rings (SSSR count). The van der Waals surface area contributed by atoms with Crippen molar-refractivity contribution in [3.8, 4) is 0 Å². The molecule has 3 N–H and O–H groups in total. The molecule has 2 bridgehead atoms. The fraction of sp³-hybridized carbons (Fsp3) is 0.889. The van der Waals surface area contributed by atoms with Crippen molar-refractivity contribution in [3.05, 3.63) is 0 Å². The highest BCUT2D eigenvalue weighted by atomic mass is 35.5. The smallest absolute Gasteiger partial charge is 0.246 e. The summed E-state index contributed by atoms with van der Waals surface area (Å²) in [4.78, 5) is 24.6. The van der Waals surface area contributed by atoms with Crippen molar-refractivity contribution >= 4 is 35.2 Å². The molecule has 27 heavy (non-hydrogen) atoms. The van der Waals surface area contributed by atoms with Gasteiger partial charge in [0.2, 0.25) is 11.8 Å². The first-order valence-corrected chi connectivity index (χ1v) is 11.2. The fourth-order valence-electron chi connectivity index (χ4n) is 4.86. The first kappa shape index (κ1) is 19.7. The molecule has 1 aliphatic heterocycles. The van der Waals surface area contributed by atoms with Crippen LogP contribution in [0.5, 0.6) is 0 Å². The second-order valence-electron chi connectivity index (χ2n) is 8.44. The monoisotopic (exact) mass is 419 g/mol. The third-order valence-electron chi connectivity index (χ3n) is 6.25. The third-order valence-corrected chi connectivity index (χ3v) is 7.92. The quantitative estimate of drug-likeness (QED) is 0.542. The molecule has 0 radical (unpaired) electrons. The molecule has 9 heteroatoms. The van der Waals surface area contributed by atoms with Crippen LogP contribution in [0.1, 0.15) is 38.5 Å². The predicted molar refractivity (Wildman–Crippen MR) is 103 cm³/mol. The van der Waals surface area contributed by atoms with Crippen LogP contribution in [0.2, 0.25) is 0 Å². The molecule has 0 aromatic carbocycles. The highest BCUT2D eigenvalue weighted by Gasteiger charge is 2.72. The first-order valence-electron chi connectivity index (χ1n) is 9.74. The summed E-state index contributed by atoms with van der Waals surface area (Å²) in [6, 6.07) is 0. The van der Waals surface area contributed by atoms with Crippen LogP contribution in [0.4, 0.5) is 4.39 Å². The molecule has 5 fully saturated rings. The van der Waals surface area contributed by atoms with Crippen LogP contribution in [-0.4, -0.2) is 65.8 Å². The number of rotatable bonds is 7. The molecule has 0 aromatic heterocycles. The number of hydrogen-bond acceptors (Lipinski definition) is 5. The first-order chi connectivity index (χ1) is 12.9. The van der Waals surface area contributed by atoms with Gasteiger partial charge in [-0.3, -0.25) is 9.59 Å². The molecule has 1 saturated heterocycles. The van der Waals surface area contributed by atoms with Gasteiger partial charge in [-0.15, -0.1) is 23.4 Å². The van der Waals surface area contributed by atoms with Crippen molar-refractivity contribution in [3.63, 3.8) is 0 Å². The third kappa shape index (κ3) is 4.09. The van der Waals surface area contributed by atoms with E-state index in [0.717, 1.165) is 12.3 Å². The maximum absolute atomic E-state index is 13.6. The van der Waals surface area contributed by atoms with E-state index in [1.165, 1.54) is 0 Å². The minimum absolute atomic E-state index is 0.0597. The van der Waals surface area contributed by atoms with E-state index in [1.54, 1.807) is 0 Å². The Labute approximate surface area is 168 Å². The average Bonchev–Trinajstić information content (AvgIpc) is 3.09. The van der Waals surface area contributed by atoms with Gasteiger partial charge in [0.1, 0.15) is 12.8 Å². The van der Waals surface area contributed by atoms with Crippen LogP contribution in [-0.2, 0) is 14.3 Å². The summed E-state index contributed by atoms with van der Waals surface area (Å²) >= 11 is 7.70. The van der Waals surface area contributed by atoms with Gasteiger partial charge in [-0.2, -0.15) is 0 Å². The Hall–Kier alpha value is -0.570. The maximum atomic E-state index is 13.6. The summed E-state index contributed by atoms with van der Waals surface area (Å²) in [5.41, 5.74) is -0.536. The number of amides is 2. The van der Waals surface area contributed by atoms with Gasteiger partial charge in [0.25, 0.3) is 0 Å². The van der Waals surface area contributed by atoms with Crippen LogP contribution in [0.15, 0.2) is 0 Å². The largest absolute Gasteiger partial charge is 0.368 e. The van der Waals surface area contributed by atoms with E-state index >= 15 is 0 Å². The molecule has 4 aliphatic carbocycles. The number of carbonyl (C=O) groups excluding carboxylic acids is 2.